The van der Waals surface area contributed by atoms with Crippen molar-refractivity contribution in [2.75, 3.05) is 34.0 Å². The number of carbonyl (C=O) groups is 1. The van der Waals surface area contributed by atoms with Crippen LogP contribution in [0.5, 0.6) is 0 Å². The number of hydrogen-bond donors (Lipinski definition) is 2. The number of amides is 1. The summed E-state index contributed by atoms with van der Waals surface area (Å²) in [6.45, 7) is 0.564. The smallest absolute Gasteiger partial charge is 0.376 e. The highest BCUT2D eigenvalue weighted by atomic mass is 28.4. The number of nitrogens with zero attached hydrogens (tertiary/aromatic N) is 1. The van der Waals surface area contributed by atoms with Gasteiger partial charge in [0.2, 0.25) is 5.91 Å². The molecule has 0 aromatic heterocycles. The molecule has 0 aliphatic carbocycles. The lowest BCUT2D eigenvalue weighted by Crippen LogP contribution is -2.58. The molecule has 1 atom stereocenters. The molecule has 8 heteroatoms. The van der Waals surface area contributed by atoms with Gasteiger partial charge < -0.3 is 23.3 Å². The molecular weight excluding hydrogens is 268 g/mol. The molecule has 1 aliphatic rings. The van der Waals surface area contributed by atoms with Crippen LogP contribution in [0.1, 0.15) is 25.7 Å². The molecule has 1 aliphatic heterocycles. The van der Waals surface area contributed by atoms with Crippen molar-refractivity contribution in [2.45, 2.75) is 32.0 Å². The number of hydrogen-bond acceptors (Lipinski definition) is 6. The molecule has 0 saturated carbocycles. The molecule has 112 valence electrons. The van der Waals surface area contributed by atoms with Gasteiger partial charge in [0.05, 0.1) is 6.17 Å². The second-order valence-corrected chi connectivity index (χ2v) is 7.39. The molecule has 1 unspecified atom stereocenters. The summed E-state index contributed by atoms with van der Waals surface area (Å²) >= 11 is 0. The first kappa shape index (κ1) is 16.5. The van der Waals surface area contributed by atoms with Gasteiger partial charge in [-0.05, 0) is 12.8 Å². The molecule has 1 rings (SSSR count). The van der Waals surface area contributed by atoms with Gasteiger partial charge in [-0.3, -0.25) is 10.1 Å². The van der Waals surface area contributed by atoms with E-state index in [0.717, 1.165) is 19.3 Å². The summed E-state index contributed by atoms with van der Waals surface area (Å²) < 4.78 is 15.7. The number of likely N-dealkylation sites (tertiary alicyclic amines) is 1. The summed E-state index contributed by atoms with van der Waals surface area (Å²) in [5.41, 5.74) is 0. The van der Waals surface area contributed by atoms with Crippen LogP contribution in [-0.4, -0.2) is 65.1 Å². The van der Waals surface area contributed by atoms with Crippen molar-refractivity contribution in [1.82, 2.24) is 10.2 Å². The zero-order valence-electron chi connectivity index (χ0n) is 11.8. The van der Waals surface area contributed by atoms with Crippen LogP contribution < -0.4 is 5.32 Å². The van der Waals surface area contributed by atoms with E-state index in [4.69, 9.17) is 13.3 Å². The van der Waals surface area contributed by atoms with E-state index in [2.05, 4.69) is 5.32 Å². The van der Waals surface area contributed by atoms with Crippen LogP contribution in [0.4, 0.5) is 0 Å². The standard InChI is InChI=1S/C11H24N2O5Si/c1-16-19(17-2,18-3)9-12-11(15)13-8-6-4-5-7-10(13)14/h11-12,15H,4-9H2,1-3H3. The lowest BCUT2D eigenvalue weighted by Gasteiger charge is -2.30. The van der Waals surface area contributed by atoms with Gasteiger partial charge >= 0.3 is 8.80 Å². The second kappa shape index (κ2) is 7.93. The topological polar surface area (TPSA) is 80.3 Å². The van der Waals surface area contributed by atoms with Gasteiger partial charge in [-0.2, -0.15) is 0 Å². The van der Waals surface area contributed by atoms with Gasteiger partial charge in [-0.15, -0.1) is 0 Å². The van der Waals surface area contributed by atoms with E-state index in [1.165, 1.54) is 26.2 Å². The molecule has 0 aromatic carbocycles. The van der Waals surface area contributed by atoms with Gasteiger partial charge in [0, 0.05) is 34.3 Å². The summed E-state index contributed by atoms with van der Waals surface area (Å²) in [5, 5.41) is 12.9. The van der Waals surface area contributed by atoms with Crippen molar-refractivity contribution in [3.05, 3.63) is 0 Å². The van der Waals surface area contributed by atoms with Crippen molar-refractivity contribution in [2.24, 2.45) is 0 Å². The van der Waals surface area contributed by atoms with Crippen molar-refractivity contribution < 1.29 is 23.2 Å². The van der Waals surface area contributed by atoms with E-state index in [-0.39, 0.29) is 12.1 Å². The fraction of sp³-hybridized carbons (Fsp3) is 0.909. The van der Waals surface area contributed by atoms with E-state index >= 15 is 0 Å². The Morgan fingerprint density at radius 3 is 2.47 bits per heavy atom. The van der Waals surface area contributed by atoms with Crippen molar-refractivity contribution in [3.8, 4) is 0 Å². The molecular formula is C11H24N2O5Si. The lowest BCUT2D eigenvalue weighted by atomic mass is 10.2. The fourth-order valence-electron chi connectivity index (χ4n) is 2.06. The van der Waals surface area contributed by atoms with E-state index in [9.17, 15) is 9.90 Å². The third-order valence-electron chi connectivity index (χ3n) is 3.34. The van der Waals surface area contributed by atoms with Crippen LogP contribution >= 0.6 is 0 Å². The van der Waals surface area contributed by atoms with Crippen LogP contribution in [0, 0.1) is 0 Å². The SMILES string of the molecule is CO[Si](CNC(O)N1CCCCCC1=O)(OC)OC. The Hall–Kier alpha value is -0.513. The van der Waals surface area contributed by atoms with Crippen molar-refractivity contribution in [3.63, 3.8) is 0 Å². The van der Waals surface area contributed by atoms with E-state index < -0.39 is 15.2 Å². The summed E-state index contributed by atoms with van der Waals surface area (Å²) in [6.07, 6.45) is 2.50. The van der Waals surface area contributed by atoms with Crippen LogP contribution in [0.15, 0.2) is 0 Å². The van der Waals surface area contributed by atoms with Crippen molar-refractivity contribution >= 4 is 14.7 Å². The Kier molecular flexibility index (Phi) is 6.90. The molecule has 1 fully saturated rings. The third-order valence-corrected chi connectivity index (χ3v) is 5.84. The van der Waals surface area contributed by atoms with E-state index in [1.807, 2.05) is 0 Å². The van der Waals surface area contributed by atoms with Gasteiger partial charge in [-0.1, -0.05) is 6.42 Å². The van der Waals surface area contributed by atoms with E-state index in [1.54, 1.807) is 0 Å². The van der Waals surface area contributed by atoms with Gasteiger partial charge in [0.25, 0.3) is 0 Å². The van der Waals surface area contributed by atoms with E-state index in [0.29, 0.717) is 13.0 Å². The third kappa shape index (κ3) is 4.51. The summed E-state index contributed by atoms with van der Waals surface area (Å²) in [6, 6.07) is 0. The van der Waals surface area contributed by atoms with Crippen LogP contribution in [0.2, 0.25) is 0 Å². The predicted molar refractivity (Wildman–Crippen MR) is 71.0 cm³/mol. The fourth-order valence-corrected chi connectivity index (χ4v) is 3.42. The lowest BCUT2D eigenvalue weighted by molar-refractivity contribution is -0.142. The maximum Gasteiger partial charge on any atom is 0.514 e. The summed E-state index contributed by atoms with van der Waals surface area (Å²) in [7, 11) is 1.73. The first-order chi connectivity index (χ1) is 9.08. The van der Waals surface area contributed by atoms with Crippen LogP contribution in [-0.2, 0) is 18.1 Å². The molecule has 1 amide bonds. The Labute approximate surface area is 115 Å². The highest BCUT2D eigenvalue weighted by molar-refractivity contribution is 6.60. The molecule has 1 heterocycles. The Morgan fingerprint density at radius 2 is 1.89 bits per heavy atom. The molecule has 19 heavy (non-hydrogen) atoms. The molecule has 2 N–H and O–H groups in total. The maximum absolute atomic E-state index is 11.8. The molecule has 1 saturated heterocycles. The predicted octanol–water partition coefficient (Wildman–Crippen LogP) is -0.328. The minimum Gasteiger partial charge on any atom is -0.376 e. The van der Waals surface area contributed by atoms with Crippen LogP contribution in [0.3, 0.4) is 0 Å². The van der Waals surface area contributed by atoms with Gasteiger partial charge in [-0.25, -0.2) is 0 Å². The molecule has 0 aromatic rings. The minimum absolute atomic E-state index is 0.0305. The quantitative estimate of drug-likeness (QED) is 0.494. The number of rotatable bonds is 7. The molecule has 7 nitrogen and oxygen atoms in total. The molecule has 0 radical (unpaired) electrons. The second-order valence-electron chi connectivity index (χ2n) is 4.45. The average molecular weight is 292 g/mol. The first-order valence-electron chi connectivity index (χ1n) is 6.45. The average Bonchev–Trinajstić information content (AvgIpc) is 2.65. The highest BCUT2D eigenvalue weighted by Crippen LogP contribution is 2.13. The Bertz CT molecular complexity index is 280. The minimum atomic E-state index is -2.79. The van der Waals surface area contributed by atoms with Gasteiger partial charge in [0.1, 0.15) is 0 Å². The summed E-state index contributed by atoms with van der Waals surface area (Å²) in [4.78, 5) is 13.3. The van der Waals surface area contributed by atoms with Gasteiger partial charge in [0.15, 0.2) is 6.35 Å². The number of aliphatic hydroxyl groups excluding tert-OH is 1. The number of nitrogens with one attached hydrogen (secondary N) is 1. The monoisotopic (exact) mass is 292 g/mol. The maximum atomic E-state index is 11.8. The molecule has 0 bridgehead atoms. The zero-order valence-corrected chi connectivity index (χ0v) is 12.8. The summed E-state index contributed by atoms with van der Waals surface area (Å²) in [5.74, 6) is -0.0305. The number of carbonyl (C=O) groups excluding carboxylic acids is 1. The molecule has 0 spiro atoms. The Morgan fingerprint density at radius 1 is 1.26 bits per heavy atom. The van der Waals surface area contributed by atoms with Crippen LogP contribution in [0.25, 0.3) is 0 Å². The Balaban J connectivity index is 2.53. The van der Waals surface area contributed by atoms with Crippen molar-refractivity contribution in [1.29, 1.82) is 0 Å². The normalized spacial score (nSPS) is 19.4. The highest BCUT2D eigenvalue weighted by Gasteiger charge is 2.39. The zero-order chi connectivity index (χ0) is 14.3. The first-order valence-corrected chi connectivity index (χ1v) is 8.38. The largest absolute Gasteiger partial charge is 0.514 e. The number of aliphatic hydroxyl groups is 1.